The molecular weight excluding hydrogens is 441 g/mol. The number of fused-ring (bicyclic) bond motifs is 1. The molecule has 0 aliphatic carbocycles. The summed E-state index contributed by atoms with van der Waals surface area (Å²) < 4.78 is 19.4. The van der Waals surface area contributed by atoms with Gasteiger partial charge in [-0.05, 0) is 87.4 Å². The molecular formula is C28H30FN5O. The fraction of sp³-hybridized carbons (Fsp3) is 0.321. The smallest absolute Gasteiger partial charge is 0.163 e. The van der Waals surface area contributed by atoms with Crippen LogP contribution in [0.1, 0.15) is 19.3 Å². The molecule has 1 saturated heterocycles. The minimum absolute atomic E-state index is 0.257. The number of rotatable bonds is 7. The van der Waals surface area contributed by atoms with Crippen molar-refractivity contribution in [2.75, 3.05) is 39.2 Å². The zero-order valence-corrected chi connectivity index (χ0v) is 20.4. The van der Waals surface area contributed by atoms with Crippen LogP contribution in [0, 0.1) is 5.82 Å². The highest BCUT2D eigenvalue weighted by Crippen LogP contribution is 2.39. The lowest BCUT2D eigenvalue weighted by Crippen LogP contribution is -2.33. The van der Waals surface area contributed by atoms with Crippen molar-refractivity contribution in [3.8, 4) is 28.3 Å². The minimum Gasteiger partial charge on any atom is -0.494 e. The molecule has 180 valence electrons. The first-order valence-corrected chi connectivity index (χ1v) is 12.0. The van der Waals surface area contributed by atoms with Gasteiger partial charge in [0.15, 0.2) is 5.82 Å². The number of methoxy groups -OCH3 is 1. The number of hydrogen-bond acceptors (Lipinski definition) is 6. The fourth-order valence-electron chi connectivity index (χ4n) is 4.81. The average Bonchev–Trinajstić information content (AvgIpc) is 3.35. The second kappa shape index (κ2) is 9.96. The maximum absolute atomic E-state index is 13.6. The predicted octanol–water partition coefficient (Wildman–Crippen LogP) is 5.43. The summed E-state index contributed by atoms with van der Waals surface area (Å²) in [5.74, 6) is 1.95. The zero-order valence-electron chi connectivity index (χ0n) is 20.4. The van der Waals surface area contributed by atoms with Gasteiger partial charge < -0.3 is 14.5 Å². The number of halogens is 1. The predicted molar refractivity (Wildman–Crippen MR) is 138 cm³/mol. The Balaban J connectivity index is 1.71. The van der Waals surface area contributed by atoms with Gasteiger partial charge in [0.25, 0.3) is 0 Å². The Hall–Kier alpha value is -3.58. The number of pyridine rings is 1. The van der Waals surface area contributed by atoms with Gasteiger partial charge in [0, 0.05) is 35.9 Å². The van der Waals surface area contributed by atoms with Crippen LogP contribution in [0.4, 0.5) is 10.2 Å². The van der Waals surface area contributed by atoms with Crippen molar-refractivity contribution in [3.05, 3.63) is 66.7 Å². The summed E-state index contributed by atoms with van der Waals surface area (Å²) in [6, 6.07) is 14.9. The van der Waals surface area contributed by atoms with E-state index in [1.165, 1.54) is 12.1 Å². The molecule has 3 heterocycles. The molecule has 7 heteroatoms. The summed E-state index contributed by atoms with van der Waals surface area (Å²) in [5, 5.41) is 0.938. The average molecular weight is 472 g/mol. The van der Waals surface area contributed by atoms with E-state index in [4.69, 9.17) is 14.7 Å². The van der Waals surface area contributed by atoms with E-state index in [-0.39, 0.29) is 5.82 Å². The van der Waals surface area contributed by atoms with Crippen LogP contribution in [0.2, 0.25) is 0 Å². The van der Waals surface area contributed by atoms with Crippen molar-refractivity contribution in [2.45, 2.75) is 25.3 Å². The minimum atomic E-state index is -0.257. The van der Waals surface area contributed by atoms with Crippen molar-refractivity contribution >= 4 is 16.7 Å². The van der Waals surface area contributed by atoms with E-state index in [0.717, 1.165) is 65.8 Å². The van der Waals surface area contributed by atoms with Crippen LogP contribution in [-0.4, -0.2) is 60.2 Å². The highest BCUT2D eigenvalue weighted by atomic mass is 19.1. The van der Waals surface area contributed by atoms with E-state index in [9.17, 15) is 4.39 Å². The largest absolute Gasteiger partial charge is 0.494 e. The summed E-state index contributed by atoms with van der Waals surface area (Å²) in [6.45, 7) is 1.96. The molecule has 0 bridgehead atoms. The first-order chi connectivity index (χ1) is 17.0. The summed E-state index contributed by atoms with van der Waals surface area (Å²) in [5.41, 5.74) is 3.49. The number of anilines is 1. The van der Waals surface area contributed by atoms with Gasteiger partial charge in [0.2, 0.25) is 0 Å². The molecule has 0 radical (unpaired) electrons. The van der Waals surface area contributed by atoms with Crippen molar-refractivity contribution in [3.63, 3.8) is 0 Å². The molecule has 4 aromatic rings. The third-order valence-corrected chi connectivity index (χ3v) is 6.62. The highest BCUT2D eigenvalue weighted by molar-refractivity contribution is 5.98. The van der Waals surface area contributed by atoms with Crippen LogP contribution < -0.4 is 9.64 Å². The van der Waals surface area contributed by atoms with Crippen LogP contribution in [0.5, 0.6) is 5.75 Å². The third-order valence-electron chi connectivity index (χ3n) is 6.62. The Morgan fingerprint density at radius 3 is 2.60 bits per heavy atom. The van der Waals surface area contributed by atoms with E-state index < -0.39 is 0 Å². The number of nitrogens with zero attached hydrogens (tertiary/aromatic N) is 5. The molecule has 5 rings (SSSR count). The van der Waals surface area contributed by atoms with Crippen LogP contribution in [0.25, 0.3) is 33.4 Å². The second-order valence-corrected chi connectivity index (χ2v) is 9.28. The maximum Gasteiger partial charge on any atom is 0.163 e. The lowest BCUT2D eigenvalue weighted by molar-refractivity contribution is 0.380. The van der Waals surface area contributed by atoms with E-state index >= 15 is 0 Å². The topological polar surface area (TPSA) is 54.4 Å². The Labute approximate surface area is 205 Å². The lowest BCUT2D eigenvalue weighted by atomic mass is 10.0. The number of benzene rings is 2. The van der Waals surface area contributed by atoms with Crippen LogP contribution >= 0.6 is 0 Å². The van der Waals surface area contributed by atoms with Crippen LogP contribution in [0.15, 0.2) is 60.9 Å². The molecule has 1 atom stereocenters. The van der Waals surface area contributed by atoms with Gasteiger partial charge in [-0.1, -0.05) is 12.1 Å². The third kappa shape index (κ3) is 4.82. The van der Waals surface area contributed by atoms with Gasteiger partial charge in [-0.3, -0.25) is 4.98 Å². The first kappa shape index (κ1) is 23.2. The van der Waals surface area contributed by atoms with Gasteiger partial charge in [-0.2, -0.15) is 0 Å². The molecule has 0 N–H and O–H groups in total. The van der Waals surface area contributed by atoms with Crippen LogP contribution in [0.3, 0.4) is 0 Å². The monoisotopic (exact) mass is 471 g/mol. The SMILES string of the molecule is COc1cc(-c2ccc(F)cc2)cc2c(N3CCCC3CCN(C)C)nc(-c3cccnc3)nc12. The molecule has 2 aromatic heterocycles. The Morgan fingerprint density at radius 2 is 1.89 bits per heavy atom. The van der Waals surface area contributed by atoms with Crippen LogP contribution in [-0.2, 0) is 0 Å². The molecule has 35 heavy (non-hydrogen) atoms. The van der Waals surface area contributed by atoms with Crippen molar-refractivity contribution < 1.29 is 9.13 Å². The Bertz CT molecular complexity index is 1310. The van der Waals surface area contributed by atoms with Gasteiger partial charge >= 0.3 is 0 Å². The normalized spacial score (nSPS) is 15.8. The zero-order chi connectivity index (χ0) is 24.4. The number of hydrogen-bond donors (Lipinski definition) is 0. The molecule has 1 aliphatic rings. The van der Waals surface area contributed by atoms with E-state index in [2.05, 4.69) is 34.9 Å². The summed E-state index contributed by atoms with van der Waals surface area (Å²) in [7, 11) is 5.88. The van der Waals surface area contributed by atoms with Gasteiger partial charge in [-0.25, -0.2) is 14.4 Å². The maximum atomic E-state index is 13.6. The Kier molecular flexibility index (Phi) is 6.59. The summed E-state index contributed by atoms with van der Waals surface area (Å²) in [6.07, 6.45) is 6.86. The molecule has 0 saturated carbocycles. The van der Waals surface area contributed by atoms with Crippen molar-refractivity contribution in [2.24, 2.45) is 0 Å². The second-order valence-electron chi connectivity index (χ2n) is 9.28. The molecule has 1 fully saturated rings. The fourth-order valence-corrected chi connectivity index (χ4v) is 4.81. The standard InChI is InChI=1S/C28H30FN5O/c1-33(2)15-12-23-7-5-14-34(23)28-24-16-21(19-8-10-22(29)11-9-19)17-25(35-3)26(24)31-27(32-28)20-6-4-13-30-18-20/h4,6,8-11,13,16-18,23H,5,7,12,14-15H2,1-3H3. The molecule has 1 unspecified atom stereocenters. The molecule has 2 aromatic carbocycles. The summed E-state index contributed by atoms with van der Waals surface area (Å²) in [4.78, 5) is 19.0. The van der Waals surface area contributed by atoms with Gasteiger partial charge in [-0.15, -0.1) is 0 Å². The Morgan fingerprint density at radius 1 is 1.06 bits per heavy atom. The number of aromatic nitrogens is 3. The van der Waals surface area contributed by atoms with Crippen molar-refractivity contribution in [1.82, 2.24) is 19.9 Å². The van der Waals surface area contributed by atoms with Gasteiger partial charge in [0.05, 0.1) is 7.11 Å². The highest BCUT2D eigenvalue weighted by Gasteiger charge is 2.28. The van der Waals surface area contributed by atoms with E-state index in [0.29, 0.717) is 17.6 Å². The quantitative estimate of drug-likeness (QED) is 0.358. The van der Waals surface area contributed by atoms with E-state index in [1.807, 2.05) is 18.2 Å². The lowest BCUT2D eigenvalue weighted by Gasteiger charge is -2.28. The first-order valence-electron chi connectivity index (χ1n) is 12.0. The molecule has 6 nitrogen and oxygen atoms in total. The van der Waals surface area contributed by atoms with Crippen molar-refractivity contribution in [1.29, 1.82) is 0 Å². The number of ether oxygens (including phenoxy) is 1. The van der Waals surface area contributed by atoms with Gasteiger partial charge in [0.1, 0.15) is 22.9 Å². The molecule has 0 spiro atoms. The molecule has 0 amide bonds. The van der Waals surface area contributed by atoms with E-state index in [1.54, 1.807) is 31.6 Å². The molecule has 1 aliphatic heterocycles. The summed E-state index contributed by atoms with van der Waals surface area (Å²) >= 11 is 0.